The van der Waals surface area contributed by atoms with E-state index in [2.05, 4.69) is 0 Å². The van der Waals surface area contributed by atoms with Gasteiger partial charge in [-0.2, -0.15) is 0 Å². The molecule has 0 fully saturated rings. The van der Waals surface area contributed by atoms with E-state index in [0.29, 0.717) is 16.7 Å². The van der Waals surface area contributed by atoms with E-state index in [9.17, 15) is 14.7 Å². The van der Waals surface area contributed by atoms with Gasteiger partial charge >= 0.3 is 5.97 Å². The van der Waals surface area contributed by atoms with Gasteiger partial charge in [-0.1, -0.05) is 13.0 Å². The zero-order chi connectivity index (χ0) is 14.9. The van der Waals surface area contributed by atoms with Gasteiger partial charge in [0.15, 0.2) is 0 Å². The van der Waals surface area contributed by atoms with Gasteiger partial charge in [0.05, 0.1) is 18.0 Å². The van der Waals surface area contributed by atoms with Crippen molar-refractivity contribution < 1.29 is 14.6 Å². The summed E-state index contributed by atoms with van der Waals surface area (Å²) in [6.07, 6.45) is 2.22. The molecule has 5 heteroatoms. The quantitative estimate of drug-likeness (QED) is 0.931. The first-order valence-electron chi connectivity index (χ1n) is 6.46. The third-order valence-corrected chi connectivity index (χ3v) is 3.53. The van der Waals surface area contributed by atoms with Crippen molar-refractivity contribution in [2.75, 3.05) is 7.11 Å². The van der Waals surface area contributed by atoms with Crippen molar-refractivity contribution in [1.82, 2.24) is 4.57 Å². The fraction of sp³-hybridized carbons (Fsp3) is 0.333. The summed E-state index contributed by atoms with van der Waals surface area (Å²) in [7, 11) is 1.53. The summed E-state index contributed by atoms with van der Waals surface area (Å²) >= 11 is 0. The molecule has 20 heavy (non-hydrogen) atoms. The highest BCUT2D eigenvalue weighted by Gasteiger charge is 2.18. The van der Waals surface area contributed by atoms with Gasteiger partial charge in [0, 0.05) is 12.2 Å². The Morgan fingerprint density at radius 1 is 1.45 bits per heavy atom. The molecule has 0 aliphatic carbocycles. The van der Waals surface area contributed by atoms with E-state index in [0.717, 1.165) is 6.42 Å². The molecule has 0 bridgehead atoms. The van der Waals surface area contributed by atoms with Crippen LogP contribution < -0.4 is 10.2 Å². The third-order valence-electron chi connectivity index (χ3n) is 3.53. The summed E-state index contributed by atoms with van der Waals surface area (Å²) < 4.78 is 7.12. The van der Waals surface area contributed by atoms with Gasteiger partial charge in [0.2, 0.25) is 5.43 Å². The highest BCUT2D eigenvalue weighted by molar-refractivity contribution is 5.94. The number of rotatable bonds is 4. The molecule has 1 aromatic carbocycles. The van der Waals surface area contributed by atoms with Crippen LogP contribution in [0.15, 0.2) is 29.2 Å². The zero-order valence-electron chi connectivity index (χ0n) is 11.7. The Morgan fingerprint density at radius 2 is 2.15 bits per heavy atom. The van der Waals surface area contributed by atoms with E-state index in [1.54, 1.807) is 22.8 Å². The lowest BCUT2D eigenvalue weighted by molar-refractivity contribution is 0.0694. The van der Waals surface area contributed by atoms with E-state index >= 15 is 0 Å². The van der Waals surface area contributed by atoms with Crippen LogP contribution in [0.25, 0.3) is 10.9 Å². The van der Waals surface area contributed by atoms with Crippen LogP contribution >= 0.6 is 0 Å². The number of benzene rings is 1. The lowest BCUT2D eigenvalue weighted by Gasteiger charge is -2.19. The molecule has 0 saturated carbocycles. The summed E-state index contributed by atoms with van der Waals surface area (Å²) in [4.78, 5) is 23.5. The number of nitrogens with zero attached hydrogens (tertiary/aromatic N) is 1. The Morgan fingerprint density at radius 3 is 2.70 bits per heavy atom. The number of hydrogen-bond acceptors (Lipinski definition) is 3. The monoisotopic (exact) mass is 275 g/mol. The van der Waals surface area contributed by atoms with Crippen LogP contribution in [-0.4, -0.2) is 22.8 Å². The maximum absolute atomic E-state index is 12.3. The molecule has 0 radical (unpaired) electrons. The van der Waals surface area contributed by atoms with E-state index < -0.39 is 11.4 Å². The SMILES string of the molecule is CCC(C)n1cc(C(=O)O)c(=O)c2cccc(OC)c21. The maximum atomic E-state index is 12.3. The van der Waals surface area contributed by atoms with E-state index in [1.807, 2.05) is 13.8 Å². The summed E-state index contributed by atoms with van der Waals surface area (Å²) in [5.74, 6) is -0.645. The first kappa shape index (κ1) is 14.1. The Balaban J connectivity index is 2.97. The molecule has 1 heterocycles. The fourth-order valence-corrected chi connectivity index (χ4v) is 2.24. The average Bonchev–Trinajstić information content (AvgIpc) is 2.46. The van der Waals surface area contributed by atoms with Crippen LogP contribution in [0.3, 0.4) is 0 Å². The molecular formula is C15H17NO4. The number of ether oxygens (including phenoxy) is 1. The minimum absolute atomic E-state index is 0.0625. The number of carboxylic acids is 1. The van der Waals surface area contributed by atoms with Crippen molar-refractivity contribution in [2.24, 2.45) is 0 Å². The highest BCUT2D eigenvalue weighted by atomic mass is 16.5. The second kappa shape index (κ2) is 5.36. The van der Waals surface area contributed by atoms with Crippen LogP contribution in [0, 0.1) is 0 Å². The Bertz CT molecular complexity index is 718. The van der Waals surface area contributed by atoms with E-state index in [1.165, 1.54) is 13.3 Å². The minimum atomic E-state index is -1.21. The molecule has 106 valence electrons. The Hall–Kier alpha value is -2.30. The van der Waals surface area contributed by atoms with Gasteiger partial charge in [0.25, 0.3) is 0 Å². The van der Waals surface area contributed by atoms with Gasteiger partial charge in [-0.05, 0) is 25.5 Å². The number of fused-ring (bicyclic) bond motifs is 1. The van der Waals surface area contributed by atoms with Crippen LogP contribution in [0.4, 0.5) is 0 Å². The van der Waals surface area contributed by atoms with Gasteiger partial charge < -0.3 is 14.4 Å². The number of pyridine rings is 1. The molecule has 1 N–H and O–H groups in total. The number of hydrogen-bond donors (Lipinski definition) is 1. The summed E-state index contributed by atoms with van der Waals surface area (Å²) in [5, 5.41) is 9.55. The summed E-state index contributed by atoms with van der Waals surface area (Å²) in [5.41, 5.74) is -0.0589. The second-order valence-corrected chi connectivity index (χ2v) is 4.70. The van der Waals surface area contributed by atoms with Crippen LogP contribution in [0.2, 0.25) is 0 Å². The molecule has 2 aromatic rings. The first-order chi connectivity index (χ1) is 9.51. The molecule has 1 aromatic heterocycles. The molecule has 0 amide bonds. The van der Waals surface area contributed by atoms with Gasteiger partial charge in [-0.25, -0.2) is 4.79 Å². The zero-order valence-corrected chi connectivity index (χ0v) is 11.7. The molecular weight excluding hydrogens is 258 g/mol. The number of aromatic nitrogens is 1. The summed E-state index contributed by atoms with van der Waals surface area (Å²) in [6.45, 7) is 3.98. The molecule has 1 atom stereocenters. The minimum Gasteiger partial charge on any atom is -0.495 e. The van der Waals surface area contributed by atoms with Crippen molar-refractivity contribution in [1.29, 1.82) is 0 Å². The summed E-state index contributed by atoms with van der Waals surface area (Å²) in [6, 6.07) is 5.15. The standard InChI is InChI=1S/C15H17NO4/c1-4-9(2)16-8-11(15(18)19)14(17)10-6-5-7-12(20-3)13(10)16/h5-9H,4H2,1-3H3,(H,18,19). The lowest BCUT2D eigenvalue weighted by atomic mass is 10.1. The van der Waals surface area contributed by atoms with Gasteiger partial charge in [-0.15, -0.1) is 0 Å². The topological polar surface area (TPSA) is 68.5 Å². The highest BCUT2D eigenvalue weighted by Crippen LogP contribution is 2.27. The van der Waals surface area contributed by atoms with Crippen molar-refractivity contribution in [3.8, 4) is 5.75 Å². The average molecular weight is 275 g/mol. The Kier molecular flexibility index (Phi) is 3.79. The van der Waals surface area contributed by atoms with Crippen molar-refractivity contribution in [2.45, 2.75) is 26.3 Å². The van der Waals surface area contributed by atoms with Crippen LogP contribution in [0.1, 0.15) is 36.7 Å². The Labute approximate surface area is 116 Å². The normalized spacial score (nSPS) is 12.3. The number of methoxy groups -OCH3 is 1. The third kappa shape index (κ3) is 2.15. The lowest BCUT2D eigenvalue weighted by Crippen LogP contribution is -2.20. The molecule has 0 spiro atoms. The molecule has 0 aliphatic heterocycles. The molecule has 5 nitrogen and oxygen atoms in total. The van der Waals surface area contributed by atoms with Crippen LogP contribution in [0.5, 0.6) is 5.75 Å². The van der Waals surface area contributed by atoms with Crippen LogP contribution in [-0.2, 0) is 0 Å². The number of para-hydroxylation sites is 1. The number of carboxylic acid groups (broad SMARTS) is 1. The fourth-order valence-electron chi connectivity index (χ4n) is 2.24. The van der Waals surface area contributed by atoms with Crippen molar-refractivity contribution in [3.05, 3.63) is 40.2 Å². The van der Waals surface area contributed by atoms with E-state index in [4.69, 9.17) is 4.74 Å². The van der Waals surface area contributed by atoms with E-state index in [-0.39, 0.29) is 11.6 Å². The molecule has 2 rings (SSSR count). The smallest absolute Gasteiger partial charge is 0.341 e. The predicted molar refractivity (Wildman–Crippen MR) is 76.7 cm³/mol. The second-order valence-electron chi connectivity index (χ2n) is 4.70. The van der Waals surface area contributed by atoms with Gasteiger partial charge in [-0.3, -0.25) is 4.79 Å². The van der Waals surface area contributed by atoms with Crippen molar-refractivity contribution in [3.63, 3.8) is 0 Å². The maximum Gasteiger partial charge on any atom is 0.341 e. The number of aromatic carboxylic acids is 1. The van der Waals surface area contributed by atoms with Gasteiger partial charge in [0.1, 0.15) is 11.3 Å². The first-order valence-corrected chi connectivity index (χ1v) is 6.46. The molecule has 0 aliphatic rings. The predicted octanol–water partition coefficient (Wildman–Crippen LogP) is 2.68. The molecule has 0 saturated heterocycles. The van der Waals surface area contributed by atoms with Crippen molar-refractivity contribution >= 4 is 16.9 Å². The molecule has 1 unspecified atom stereocenters. The largest absolute Gasteiger partial charge is 0.495 e. The number of carbonyl (C=O) groups is 1.